The number of hydrogen-bond donors (Lipinski definition) is 1. The van der Waals surface area contributed by atoms with Crippen molar-refractivity contribution in [3.05, 3.63) is 28.3 Å². The number of anilines is 1. The van der Waals surface area contributed by atoms with Gasteiger partial charge in [0.2, 0.25) is 0 Å². The molecule has 0 saturated carbocycles. The highest BCUT2D eigenvalue weighted by Gasteiger charge is 2.30. The van der Waals surface area contributed by atoms with Crippen LogP contribution in [0.4, 0.5) is 11.4 Å². The monoisotopic (exact) mass is 300 g/mol. The molecule has 0 bridgehead atoms. The number of rotatable bonds is 3. The van der Waals surface area contributed by atoms with Crippen molar-refractivity contribution < 1.29 is 18.4 Å². The van der Waals surface area contributed by atoms with E-state index in [1.165, 1.54) is 18.2 Å². The van der Waals surface area contributed by atoms with E-state index in [1.807, 2.05) is 0 Å². The van der Waals surface area contributed by atoms with Gasteiger partial charge in [0.15, 0.2) is 9.84 Å². The van der Waals surface area contributed by atoms with Gasteiger partial charge in [-0.1, -0.05) is 6.07 Å². The first-order chi connectivity index (χ1) is 9.30. The Morgan fingerprint density at radius 1 is 1.45 bits per heavy atom. The fraction of sp³-hybridized carbons (Fsp3) is 0.500. The van der Waals surface area contributed by atoms with Crippen molar-refractivity contribution in [2.24, 2.45) is 0 Å². The molecule has 1 saturated heterocycles. The Bertz CT molecular complexity index is 629. The number of aliphatic hydroxyl groups excluding tert-OH is 1. The molecule has 1 aromatic rings. The minimum atomic E-state index is -3.68. The van der Waals surface area contributed by atoms with Crippen molar-refractivity contribution in [3.8, 4) is 0 Å². The van der Waals surface area contributed by atoms with Gasteiger partial charge in [0.25, 0.3) is 0 Å². The first-order valence-corrected chi connectivity index (χ1v) is 8.10. The number of nitro groups is 1. The van der Waals surface area contributed by atoms with Crippen LogP contribution >= 0.6 is 0 Å². The highest BCUT2D eigenvalue weighted by Crippen LogP contribution is 2.35. The van der Waals surface area contributed by atoms with Crippen LogP contribution in [-0.2, 0) is 9.84 Å². The number of nitrogens with zero attached hydrogens (tertiary/aromatic N) is 2. The van der Waals surface area contributed by atoms with Crippen molar-refractivity contribution in [1.29, 1.82) is 0 Å². The molecule has 1 fully saturated rings. The van der Waals surface area contributed by atoms with Crippen LogP contribution in [0.5, 0.6) is 0 Å². The Balaban J connectivity index is 2.56. The maximum Gasteiger partial charge on any atom is 0.311 e. The van der Waals surface area contributed by atoms with Crippen LogP contribution in [0.1, 0.15) is 12.8 Å². The van der Waals surface area contributed by atoms with E-state index >= 15 is 0 Å². The van der Waals surface area contributed by atoms with Gasteiger partial charge >= 0.3 is 5.69 Å². The zero-order valence-electron chi connectivity index (χ0n) is 11.0. The predicted octanol–water partition coefficient (Wildman–Crippen LogP) is 0.959. The fourth-order valence-electron chi connectivity index (χ4n) is 2.42. The van der Waals surface area contributed by atoms with Crippen LogP contribution in [0, 0.1) is 10.1 Å². The van der Waals surface area contributed by atoms with Crippen molar-refractivity contribution in [2.75, 3.05) is 24.2 Å². The maximum atomic E-state index is 11.7. The molecular weight excluding hydrogens is 284 g/mol. The molecule has 20 heavy (non-hydrogen) atoms. The Labute approximate surface area is 116 Å². The number of β-amino-alcohol motifs (C(OH)–C–C–N with tert-alkyl or cyclic N) is 1. The first kappa shape index (κ1) is 14.7. The van der Waals surface area contributed by atoms with E-state index in [0.717, 1.165) is 6.26 Å². The Hall–Kier alpha value is -1.67. The fourth-order valence-corrected chi connectivity index (χ4v) is 3.28. The van der Waals surface area contributed by atoms with Gasteiger partial charge in [-0.2, -0.15) is 0 Å². The Kier molecular flexibility index (Phi) is 3.96. The second-order valence-electron chi connectivity index (χ2n) is 4.90. The second-order valence-corrected chi connectivity index (χ2v) is 6.88. The average molecular weight is 300 g/mol. The van der Waals surface area contributed by atoms with Crippen LogP contribution in [0.15, 0.2) is 23.1 Å². The molecular formula is C12H16N2O5S. The molecule has 1 unspecified atom stereocenters. The van der Waals surface area contributed by atoms with E-state index in [2.05, 4.69) is 0 Å². The molecule has 1 aliphatic rings. The van der Waals surface area contributed by atoms with E-state index in [0.29, 0.717) is 19.4 Å². The number of aliphatic hydroxyl groups is 1. The molecule has 0 aromatic heterocycles. The van der Waals surface area contributed by atoms with Gasteiger partial charge in [-0.05, 0) is 25.0 Å². The van der Waals surface area contributed by atoms with Crippen LogP contribution in [0.25, 0.3) is 0 Å². The lowest BCUT2D eigenvalue weighted by Gasteiger charge is -2.31. The number of benzene rings is 1. The number of nitro benzene ring substituents is 1. The number of para-hydroxylation sites is 1. The normalized spacial score (nSPS) is 19.9. The lowest BCUT2D eigenvalue weighted by atomic mass is 10.1. The summed E-state index contributed by atoms with van der Waals surface area (Å²) in [5, 5.41) is 20.9. The van der Waals surface area contributed by atoms with Crippen molar-refractivity contribution in [2.45, 2.75) is 23.8 Å². The molecule has 0 radical (unpaired) electrons. The third kappa shape index (κ3) is 2.91. The summed E-state index contributed by atoms with van der Waals surface area (Å²) in [6.07, 6.45) is 1.76. The average Bonchev–Trinajstić information content (AvgIpc) is 2.36. The summed E-state index contributed by atoms with van der Waals surface area (Å²) < 4.78 is 23.4. The lowest BCUT2D eigenvalue weighted by Crippen LogP contribution is -2.38. The minimum Gasteiger partial charge on any atom is -0.391 e. The van der Waals surface area contributed by atoms with Crippen LogP contribution in [-0.4, -0.2) is 43.9 Å². The van der Waals surface area contributed by atoms with Crippen molar-refractivity contribution >= 4 is 21.2 Å². The smallest absolute Gasteiger partial charge is 0.311 e. The van der Waals surface area contributed by atoms with Crippen molar-refractivity contribution in [3.63, 3.8) is 0 Å². The van der Waals surface area contributed by atoms with E-state index in [-0.39, 0.29) is 17.1 Å². The summed E-state index contributed by atoms with van der Waals surface area (Å²) in [5.74, 6) is 0. The van der Waals surface area contributed by atoms with Gasteiger partial charge in [0.1, 0.15) is 10.6 Å². The number of piperidine rings is 1. The van der Waals surface area contributed by atoms with Crippen LogP contribution in [0.3, 0.4) is 0 Å². The molecule has 2 rings (SSSR count). The van der Waals surface area contributed by atoms with Gasteiger partial charge in [-0.25, -0.2) is 8.42 Å². The van der Waals surface area contributed by atoms with Crippen LogP contribution in [0.2, 0.25) is 0 Å². The highest BCUT2D eigenvalue weighted by atomic mass is 32.2. The molecule has 1 heterocycles. The van der Waals surface area contributed by atoms with Gasteiger partial charge in [0.05, 0.1) is 11.0 Å². The second kappa shape index (κ2) is 5.37. The zero-order valence-corrected chi connectivity index (χ0v) is 11.8. The first-order valence-electron chi connectivity index (χ1n) is 6.21. The standard InChI is InChI=1S/C12H16N2O5S/c1-20(18,19)11-6-2-5-10(12(11)14(16)17)13-7-3-4-9(15)8-13/h2,5-6,9,15H,3-4,7-8H2,1H3. The molecule has 0 amide bonds. The summed E-state index contributed by atoms with van der Waals surface area (Å²) in [5.41, 5.74) is -0.166. The molecule has 1 N–H and O–H groups in total. The molecule has 1 aromatic carbocycles. The zero-order chi connectivity index (χ0) is 14.9. The van der Waals surface area contributed by atoms with E-state index in [1.54, 1.807) is 4.90 Å². The molecule has 1 atom stereocenters. The van der Waals surface area contributed by atoms with Crippen LogP contribution < -0.4 is 4.90 Å². The van der Waals surface area contributed by atoms with Gasteiger partial charge in [0, 0.05) is 19.3 Å². The predicted molar refractivity (Wildman–Crippen MR) is 73.7 cm³/mol. The largest absolute Gasteiger partial charge is 0.391 e. The van der Waals surface area contributed by atoms with Gasteiger partial charge in [-0.15, -0.1) is 0 Å². The summed E-state index contributed by atoms with van der Waals surface area (Å²) in [6.45, 7) is 0.833. The third-order valence-corrected chi connectivity index (χ3v) is 4.43. The SMILES string of the molecule is CS(=O)(=O)c1cccc(N2CCCC(O)C2)c1[N+](=O)[O-]. The number of hydrogen-bond acceptors (Lipinski definition) is 6. The van der Waals surface area contributed by atoms with E-state index < -0.39 is 26.6 Å². The minimum absolute atomic E-state index is 0.247. The quantitative estimate of drug-likeness (QED) is 0.659. The van der Waals surface area contributed by atoms with E-state index in [4.69, 9.17) is 0 Å². The Morgan fingerprint density at radius 2 is 2.15 bits per heavy atom. The third-order valence-electron chi connectivity index (χ3n) is 3.30. The summed E-state index contributed by atoms with van der Waals surface area (Å²) in [4.78, 5) is 12.0. The maximum absolute atomic E-state index is 11.7. The summed E-state index contributed by atoms with van der Waals surface area (Å²) >= 11 is 0. The van der Waals surface area contributed by atoms with Crippen molar-refractivity contribution in [1.82, 2.24) is 0 Å². The molecule has 0 spiro atoms. The number of sulfone groups is 1. The molecule has 8 heteroatoms. The molecule has 110 valence electrons. The Morgan fingerprint density at radius 3 is 2.70 bits per heavy atom. The van der Waals surface area contributed by atoms with E-state index in [9.17, 15) is 23.6 Å². The summed E-state index contributed by atoms with van der Waals surface area (Å²) in [6, 6.07) is 4.24. The molecule has 0 aliphatic carbocycles. The molecule has 7 nitrogen and oxygen atoms in total. The van der Waals surface area contributed by atoms with Gasteiger partial charge < -0.3 is 10.0 Å². The summed E-state index contributed by atoms with van der Waals surface area (Å²) in [7, 11) is -3.68. The molecule has 1 aliphatic heterocycles. The lowest BCUT2D eigenvalue weighted by molar-refractivity contribution is -0.387. The van der Waals surface area contributed by atoms with Gasteiger partial charge in [-0.3, -0.25) is 10.1 Å². The topological polar surface area (TPSA) is 101 Å². The highest BCUT2D eigenvalue weighted by molar-refractivity contribution is 7.90.